The van der Waals surface area contributed by atoms with Gasteiger partial charge in [-0.05, 0) is 51.5 Å². The van der Waals surface area contributed by atoms with E-state index in [-0.39, 0.29) is 24.7 Å². The summed E-state index contributed by atoms with van der Waals surface area (Å²) in [5.74, 6) is -1.61. The molecular weight excluding hydrogens is 261 g/mol. The highest BCUT2D eigenvalue weighted by molar-refractivity contribution is 5.95. The van der Waals surface area contributed by atoms with E-state index in [0.29, 0.717) is 11.1 Å². The Labute approximate surface area is 118 Å². The van der Waals surface area contributed by atoms with Crippen molar-refractivity contribution < 1.29 is 19.1 Å². The van der Waals surface area contributed by atoms with Crippen molar-refractivity contribution in [3.8, 4) is 0 Å². The van der Waals surface area contributed by atoms with Gasteiger partial charge in [-0.25, -0.2) is 4.39 Å². The first-order valence-electron chi connectivity index (χ1n) is 6.43. The standard InChI is InChI=1S/C15H20FNO3/c1-10-9-11(5-6-12(10)16)14(20)17(15(2,3)4)8-7-13(18)19/h5-6,9H,7-8H2,1-4H3,(H,18,19). The van der Waals surface area contributed by atoms with Crippen LogP contribution < -0.4 is 0 Å². The van der Waals surface area contributed by atoms with Gasteiger partial charge in [0.2, 0.25) is 0 Å². The summed E-state index contributed by atoms with van der Waals surface area (Å²) in [7, 11) is 0. The van der Waals surface area contributed by atoms with Gasteiger partial charge in [-0.3, -0.25) is 9.59 Å². The van der Waals surface area contributed by atoms with Crippen LogP contribution in [-0.4, -0.2) is 34.0 Å². The van der Waals surface area contributed by atoms with Crippen molar-refractivity contribution in [1.82, 2.24) is 4.90 Å². The summed E-state index contributed by atoms with van der Waals surface area (Å²) >= 11 is 0. The highest BCUT2D eigenvalue weighted by atomic mass is 19.1. The molecule has 0 bridgehead atoms. The van der Waals surface area contributed by atoms with E-state index < -0.39 is 11.5 Å². The molecule has 20 heavy (non-hydrogen) atoms. The zero-order valence-corrected chi connectivity index (χ0v) is 12.2. The van der Waals surface area contributed by atoms with Crippen LogP contribution in [0.4, 0.5) is 4.39 Å². The second-order valence-electron chi connectivity index (χ2n) is 5.74. The molecule has 0 fully saturated rings. The van der Waals surface area contributed by atoms with Gasteiger partial charge in [-0.2, -0.15) is 0 Å². The Bertz CT molecular complexity index is 520. The fraction of sp³-hybridized carbons (Fsp3) is 0.467. The van der Waals surface area contributed by atoms with Gasteiger partial charge in [0, 0.05) is 17.6 Å². The number of rotatable bonds is 4. The number of carboxylic acids is 1. The van der Waals surface area contributed by atoms with E-state index in [2.05, 4.69) is 0 Å². The zero-order valence-electron chi connectivity index (χ0n) is 12.2. The predicted octanol–water partition coefficient (Wildman–Crippen LogP) is 2.85. The molecule has 0 aliphatic rings. The number of aliphatic carboxylic acids is 1. The van der Waals surface area contributed by atoms with Gasteiger partial charge >= 0.3 is 5.97 Å². The molecule has 1 aromatic rings. The molecule has 0 heterocycles. The zero-order chi connectivity index (χ0) is 15.5. The minimum absolute atomic E-state index is 0.119. The maximum atomic E-state index is 13.2. The van der Waals surface area contributed by atoms with E-state index in [9.17, 15) is 14.0 Å². The van der Waals surface area contributed by atoms with E-state index in [1.165, 1.54) is 23.1 Å². The van der Waals surface area contributed by atoms with Crippen LogP contribution in [0.1, 0.15) is 43.1 Å². The van der Waals surface area contributed by atoms with Crippen LogP contribution in [0.25, 0.3) is 0 Å². The maximum Gasteiger partial charge on any atom is 0.305 e. The number of benzene rings is 1. The van der Waals surface area contributed by atoms with Crippen LogP contribution in [0.15, 0.2) is 18.2 Å². The first-order valence-corrected chi connectivity index (χ1v) is 6.43. The Morgan fingerprint density at radius 3 is 2.35 bits per heavy atom. The third kappa shape index (κ3) is 4.05. The van der Waals surface area contributed by atoms with E-state index in [1.807, 2.05) is 20.8 Å². The number of carboxylic acid groups (broad SMARTS) is 1. The average molecular weight is 281 g/mol. The van der Waals surface area contributed by atoms with Gasteiger partial charge in [0.25, 0.3) is 5.91 Å². The fourth-order valence-corrected chi connectivity index (χ4v) is 1.88. The lowest BCUT2D eigenvalue weighted by molar-refractivity contribution is -0.137. The van der Waals surface area contributed by atoms with Crippen molar-refractivity contribution in [2.24, 2.45) is 0 Å². The highest BCUT2D eigenvalue weighted by Gasteiger charge is 2.27. The quantitative estimate of drug-likeness (QED) is 0.923. The minimum Gasteiger partial charge on any atom is -0.481 e. The van der Waals surface area contributed by atoms with Crippen molar-refractivity contribution >= 4 is 11.9 Å². The summed E-state index contributed by atoms with van der Waals surface area (Å²) < 4.78 is 13.2. The number of hydrogen-bond acceptors (Lipinski definition) is 2. The highest BCUT2D eigenvalue weighted by Crippen LogP contribution is 2.19. The van der Waals surface area contributed by atoms with Crippen LogP contribution in [-0.2, 0) is 4.79 Å². The maximum absolute atomic E-state index is 13.2. The molecule has 0 atom stereocenters. The van der Waals surface area contributed by atoms with Crippen molar-refractivity contribution in [3.05, 3.63) is 35.1 Å². The smallest absolute Gasteiger partial charge is 0.305 e. The van der Waals surface area contributed by atoms with Crippen molar-refractivity contribution in [1.29, 1.82) is 0 Å². The fourth-order valence-electron chi connectivity index (χ4n) is 1.88. The lowest BCUT2D eigenvalue weighted by Gasteiger charge is -2.35. The molecule has 0 unspecified atom stereocenters. The molecule has 1 aromatic carbocycles. The summed E-state index contributed by atoms with van der Waals surface area (Å²) in [6, 6.07) is 4.15. The molecule has 110 valence electrons. The van der Waals surface area contributed by atoms with Gasteiger partial charge in [0.15, 0.2) is 0 Å². The van der Waals surface area contributed by atoms with E-state index in [1.54, 1.807) is 6.92 Å². The second kappa shape index (κ2) is 6.03. The Hall–Kier alpha value is -1.91. The summed E-state index contributed by atoms with van der Waals surface area (Å²) in [5, 5.41) is 8.77. The lowest BCUT2D eigenvalue weighted by Crippen LogP contribution is -2.46. The molecule has 5 heteroatoms. The van der Waals surface area contributed by atoms with Gasteiger partial charge in [0.05, 0.1) is 6.42 Å². The molecule has 1 amide bonds. The first kappa shape index (κ1) is 16.1. The average Bonchev–Trinajstić information content (AvgIpc) is 2.30. The van der Waals surface area contributed by atoms with Crippen LogP contribution in [0.2, 0.25) is 0 Å². The number of nitrogens with zero attached hydrogens (tertiary/aromatic N) is 1. The second-order valence-corrected chi connectivity index (χ2v) is 5.74. The number of halogens is 1. The van der Waals surface area contributed by atoms with Gasteiger partial charge in [-0.1, -0.05) is 0 Å². The molecule has 0 spiro atoms. The number of hydrogen-bond donors (Lipinski definition) is 1. The number of amides is 1. The lowest BCUT2D eigenvalue weighted by atomic mass is 10.0. The summed E-state index contributed by atoms with van der Waals surface area (Å²) in [6.07, 6.45) is -0.122. The minimum atomic E-state index is -0.956. The molecule has 1 N–H and O–H groups in total. The molecule has 0 radical (unpaired) electrons. The first-order chi connectivity index (χ1) is 9.12. The summed E-state index contributed by atoms with van der Waals surface area (Å²) in [5.41, 5.74) is 0.251. The van der Waals surface area contributed by atoms with Crippen LogP contribution >= 0.6 is 0 Å². The SMILES string of the molecule is Cc1cc(C(=O)N(CCC(=O)O)C(C)(C)C)ccc1F. The summed E-state index contributed by atoms with van der Waals surface area (Å²) in [6.45, 7) is 7.22. The van der Waals surface area contributed by atoms with Gasteiger partial charge in [0.1, 0.15) is 5.82 Å². The Kier molecular flexibility index (Phi) is 4.87. The monoisotopic (exact) mass is 281 g/mol. The predicted molar refractivity (Wildman–Crippen MR) is 74.2 cm³/mol. The molecule has 0 aromatic heterocycles. The Morgan fingerprint density at radius 1 is 1.30 bits per heavy atom. The molecule has 0 aliphatic heterocycles. The number of carbonyl (C=O) groups excluding carboxylic acids is 1. The van der Waals surface area contributed by atoms with Gasteiger partial charge in [-0.15, -0.1) is 0 Å². The number of aryl methyl sites for hydroxylation is 1. The molecule has 4 nitrogen and oxygen atoms in total. The van der Waals surface area contributed by atoms with Crippen molar-refractivity contribution in [2.45, 2.75) is 39.7 Å². The molecule has 0 saturated heterocycles. The van der Waals surface area contributed by atoms with Crippen molar-refractivity contribution in [2.75, 3.05) is 6.54 Å². The van der Waals surface area contributed by atoms with E-state index in [0.717, 1.165) is 0 Å². The largest absolute Gasteiger partial charge is 0.481 e. The van der Waals surface area contributed by atoms with Crippen LogP contribution in [0, 0.1) is 12.7 Å². The topological polar surface area (TPSA) is 57.6 Å². The van der Waals surface area contributed by atoms with Crippen LogP contribution in [0.3, 0.4) is 0 Å². The van der Waals surface area contributed by atoms with E-state index in [4.69, 9.17) is 5.11 Å². The third-order valence-electron chi connectivity index (χ3n) is 3.01. The van der Waals surface area contributed by atoms with Gasteiger partial charge < -0.3 is 10.0 Å². The summed E-state index contributed by atoms with van der Waals surface area (Å²) in [4.78, 5) is 24.7. The normalized spacial score (nSPS) is 11.2. The van der Waals surface area contributed by atoms with Crippen molar-refractivity contribution in [3.63, 3.8) is 0 Å². The molecular formula is C15H20FNO3. The Balaban J connectivity index is 3.03. The third-order valence-corrected chi connectivity index (χ3v) is 3.01. The van der Waals surface area contributed by atoms with E-state index >= 15 is 0 Å². The molecule has 0 aliphatic carbocycles. The number of carbonyl (C=O) groups is 2. The molecule has 1 rings (SSSR count). The van der Waals surface area contributed by atoms with Crippen LogP contribution in [0.5, 0.6) is 0 Å². The molecule has 0 saturated carbocycles. The Morgan fingerprint density at radius 2 is 1.90 bits per heavy atom.